The number of nitrogens with one attached hydrogen (secondary N) is 1. The Morgan fingerprint density at radius 2 is 2.06 bits per heavy atom. The van der Waals surface area contributed by atoms with Gasteiger partial charge in [0.05, 0.1) is 6.61 Å². The first-order chi connectivity index (χ1) is 8.29. The first-order valence-electron chi connectivity index (χ1n) is 6.83. The topological polar surface area (TPSA) is 36.9 Å². The van der Waals surface area contributed by atoms with Crippen LogP contribution >= 0.6 is 24.0 Å². The summed E-state index contributed by atoms with van der Waals surface area (Å²) in [5, 5.41) is 3.49. The minimum atomic E-state index is 0. The van der Waals surface area contributed by atoms with Gasteiger partial charge in [-0.15, -0.1) is 24.0 Å². The van der Waals surface area contributed by atoms with Crippen LogP contribution in [0.4, 0.5) is 0 Å². The molecule has 5 heteroatoms. The van der Waals surface area contributed by atoms with Crippen molar-refractivity contribution in [3.8, 4) is 0 Å². The lowest BCUT2D eigenvalue weighted by atomic mass is 9.99. The van der Waals surface area contributed by atoms with E-state index in [1.165, 1.54) is 19.3 Å². The Kier molecular flexibility index (Phi) is 7.29. The standard InChI is InChI=1S/C13H25N3O.HI/c1-11-3-6-16(7-4-11)13(14-2)15-9-12-5-8-17-10-12;/h11-12H,3-10H2,1-2H3,(H,14,15);1H. The van der Waals surface area contributed by atoms with Crippen LogP contribution < -0.4 is 5.32 Å². The van der Waals surface area contributed by atoms with Crippen LogP contribution in [0.15, 0.2) is 4.99 Å². The van der Waals surface area contributed by atoms with Gasteiger partial charge in [-0.2, -0.15) is 0 Å². The van der Waals surface area contributed by atoms with Gasteiger partial charge in [-0.1, -0.05) is 6.92 Å². The van der Waals surface area contributed by atoms with Gasteiger partial charge < -0.3 is 15.0 Å². The molecule has 0 aliphatic carbocycles. The number of rotatable bonds is 2. The van der Waals surface area contributed by atoms with Gasteiger partial charge in [-0.05, 0) is 25.2 Å². The van der Waals surface area contributed by atoms with Gasteiger partial charge in [-0.3, -0.25) is 4.99 Å². The molecule has 2 aliphatic rings. The fourth-order valence-corrected chi connectivity index (χ4v) is 2.53. The molecule has 18 heavy (non-hydrogen) atoms. The number of likely N-dealkylation sites (tertiary alicyclic amines) is 1. The van der Waals surface area contributed by atoms with E-state index in [1.54, 1.807) is 0 Å². The minimum absolute atomic E-state index is 0. The molecule has 0 aromatic carbocycles. The van der Waals surface area contributed by atoms with E-state index < -0.39 is 0 Å². The van der Waals surface area contributed by atoms with E-state index in [0.717, 1.165) is 44.7 Å². The maximum atomic E-state index is 5.39. The second kappa shape index (κ2) is 8.19. The highest BCUT2D eigenvalue weighted by Crippen LogP contribution is 2.16. The second-order valence-electron chi connectivity index (χ2n) is 5.33. The van der Waals surface area contributed by atoms with E-state index in [9.17, 15) is 0 Å². The van der Waals surface area contributed by atoms with Gasteiger partial charge in [-0.25, -0.2) is 0 Å². The smallest absolute Gasteiger partial charge is 0.193 e. The fraction of sp³-hybridized carbons (Fsp3) is 0.923. The quantitative estimate of drug-likeness (QED) is 0.461. The maximum Gasteiger partial charge on any atom is 0.193 e. The number of guanidine groups is 1. The van der Waals surface area contributed by atoms with Crippen molar-refractivity contribution in [1.82, 2.24) is 10.2 Å². The summed E-state index contributed by atoms with van der Waals surface area (Å²) in [7, 11) is 1.88. The third-order valence-electron chi connectivity index (χ3n) is 3.87. The predicted molar refractivity (Wildman–Crippen MR) is 85.7 cm³/mol. The molecule has 0 spiro atoms. The van der Waals surface area contributed by atoms with Crippen molar-refractivity contribution in [2.24, 2.45) is 16.8 Å². The molecule has 2 aliphatic heterocycles. The zero-order valence-corrected chi connectivity index (χ0v) is 13.9. The Balaban J connectivity index is 0.00000162. The van der Waals surface area contributed by atoms with Crippen molar-refractivity contribution in [3.05, 3.63) is 0 Å². The highest BCUT2D eigenvalue weighted by molar-refractivity contribution is 14.0. The number of piperidine rings is 1. The molecule has 2 heterocycles. The summed E-state index contributed by atoms with van der Waals surface area (Å²) < 4.78 is 5.39. The lowest BCUT2D eigenvalue weighted by Gasteiger charge is -2.33. The molecule has 0 radical (unpaired) electrons. The average molecular weight is 367 g/mol. The van der Waals surface area contributed by atoms with E-state index in [1.807, 2.05) is 7.05 Å². The van der Waals surface area contributed by atoms with Crippen LogP contribution in [0.25, 0.3) is 0 Å². The highest BCUT2D eigenvalue weighted by atomic mass is 127. The molecular formula is C13H26IN3O. The molecule has 0 aromatic rings. The lowest BCUT2D eigenvalue weighted by Crippen LogP contribution is -2.46. The number of ether oxygens (including phenoxy) is 1. The van der Waals surface area contributed by atoms with Gasteiger partial charge in [0, 0.05) is 39.2 Å². The van der Waals surface area contributed by atoms with E-state index in [-0.39, 0.29) is 24.0 Å². The molecule has 2 fully saturated rings. The summed E-state index contributed by atoms with van der Waals surface area (Å²) in [5.41, 5.74) is 0. The number of hydrogen-bond acceptors (Lipinski definition) is 2. The van der Waals surface area contributed by atoms with E-state index in [2.05, 4.69) is 22.1 Å². The van der Waals surface area contributed by atoms with Crippen molar-refractivity contribution in [2.45, 2.75) is 26.2 Å². The number of aliphatic imine (C=N–C) groups is 1. The third-order valence-corrected chi connectivity index (χ3v) is 3.87. The molecule has 4 nitrogen and oxygen atoms in total. The van der Waals surface area contributed by atoms with Crippen molar-refractivity contribution in [2.75, 3.05) is 39.9 Å². The first-order valence-corrected chi connectivity index (χ1v) is 6.83. The van der Waals surface area contributed by atoms with Crippen molar-refractivity contribution >= 4 is 29.9 Å². The Morgan fingerprint density at radius 3 is 2.61 bits per heavy atom. The second-order valence-corrected chi connectivity index (χ2v) is 5.33. The zero-order chi connectivity index (χ0) is 12.1. The van der Waals surface area contributed by atoms with Gasteiger partial charge in [0.2, 0.25) is 0 Å². The molecule has 1 atom stereocenters. The van der Waals surface area contributed by atoms with Crippen LogP contribution in [-0.2, 0) is 4.74 Å². The van der Waals surface area contributed by atoms with Crippen molar-refractivity contribution < 1.29 is 4.74 Å². The summed E-state index contributed by atoms with van der Waals surface area (Å²) in [6, 6.07) is 0. The number of halogens is 1. The van der Waals surface area contributed by atoms with Gasteiger partial charge in [0.15, 0.2) is 5.96 Å². The molecule has 0 aromatic heterocycles. The fourth-order valence-electron chi connectivity index (χ4n) is 2.53. The Labute approximate surface area is 128 Å². The normalized spacial score (nSPS) is 26.0. The first kappa shape index (κ1) is 16.0. The summed E-state index contributed by atoms with van der Waals surface area (Å²) in [6.07, 6.45) is 3.75. The number of nitrogens with zero attached hydrogens (tertiary/aromatic N) is 2. The lowest BCUT2D eigenvalue weighted by molar-refractivity contribution is 0.186. The number of hydrogen-bond donors (Lipinski definition) is 1. The van der Waals surface area contributed by atoms with Crippen molar-refractivity contribution in [3.63, 3.8) is 0 Å². The van der Waals surface area contributed by atoms with Gasteiger partial charge in [0.1, 0.15) is 0 Å². The summed E-state index contributed by atoms with van der Waals surface area (Å²) in [6.45, 7) is 7.44. The van der Waals surface area contributed by atoms with Crippen molar-refractivity contribution in [1.29, 1.82) is 0 Å². The van der Waals surface area contributed by atoms with Crippen LogP contribution in [0.3, 0.4) is 0 Å². The van der Waals surface area contributed by atoms with E-state index >= 15 is 0 Å². The Morgan fingerprint density at radius 1 is 1.33 bits per heavy atom. The molecule has 2 saturated heterocycles. The van der Waals surface area contributed by atoms with E-state index in [4.69, 9.17) is 4.74 Å². The molecule has 106 valence electrons. The minimum Gasteiger partial charge on any atom is -0.381 e. The molecule has 2 rings (SSSR count). The molecule has 0 saturated carbocycles. The predicted octanol–water partition coefficient (Wildman–Crippen LogP) is 1.95. The third kappa shape index (κ3) is 4.57. The zero-order valence-electron chi connectivity index (χ0n) is 11.5. The molecule has 1 N–H and O–H groups in total. The van der Waals surface area contributed by atoms with Crippen LogP contribution in [0.1, 0.15) is 26.2 Å². The molecular weight excluding hydrogens is 341 g/mol. The molecule has 1 unspecified atom stereocenters. The monoisotopic (exact) mass is 367 g/mol. The Hall–Kier alpha value is -0.0400. The van der Waals surface area contributed by atoms with Crippen LogP contribution in [0, 0.1) is 11.8 Å². The van der Waals surface area contributed by atoms with Gasteiger partial charge >= 0.3 is 0 Å². The van der Waals surface area contributed by atoms with Crippen LogP contribution in [0.2, 0.25) is 0 Å². The molecule has 0 bridgehead atoms. The molecule has 0 amide bonds. The largest absolute Gasteiger partial charge is 0.381 e. The van der Waals surface area contributed by atoms with Crippen LogP contribution in [-0.4, -0.2) is 50.8 Å². The Bertz CT molecular complexity index is 259. The van der Waals surface area contributed by atoms with E-state index in [0.29, 0.717) is 5.92 Å². The van der Waals surface area contributed by atoms with Crippen LogP contribution in [0.5, 0.6) is 0 Å². The maximum absolute atomic E-state index is 5.39. The summed E-state index contributed by atoms with van der Waals surface area (Å²) in [4.78, 5) is 6.77. The SMILES string of the molecule is CN=C(NCC1CCOC1)N1CCC(C)CC1.I. The summed E-state index contributed by atoms with van der Waals surface area (Å²) >= 11 is 0. The average Bonchev–Trinajstić information content (AvgIpc) is 2.85. The van der Waals surface area contributed by atoms with Gasteiger partial charge in [0.25, 0.3) is 0 Å². The highest BCUT2D eigenvalue weighted by Gasteiger charge is 2.20. The summed E-state index contributed by atoms with van der Waals surface area (Å²) in [5.74, 6) is 2.60.